The molecule has 1 aromatic rings. The van der Waals surface area contributed by atoms with Gasteiger partial charge in [-0.3, -0.25) is 14.5 Å². The van der Waals surface area contributed by atoms with E-state index in [4.69, 9.17) is 0 Å². The number of rotatable bonds is 17. The summed E-state index contributed by atoms with van der Waals surface area (Å²) < 4.78 is 226. The molecular formula is C26H24F17NO2. The Kier molecular flexibility index (Phi) is 11.1. The van der Waals surface area contributed by atoms with E-state index < -0.39 is 78.7 Å². The zero-order chi connectivity index (χ0) is 35.8. The second-order valence-corrected chi connectivity index (χ2v) is 10.5. The van der Waals surface area contributed by atoms with Crippen LogP contribution in [0.2, 0.25) is 0 Å². The number of benzene rings is 1. The van der Waals surface area contributed by atoms with Crippen LogP contribution in [0.3, 0.4) is 0 Å². The van der Waals surface area contributed by atoms with Crippen molar-refractivity contribution in [2.24, 2.45) is 0 Å². The summed E-state index contributed by atoms with van der Waals surface area (Å²) in [4.78, 5) is 25.6. The molecule has 0 fully saturated rings. The molecule has 0 saturated heterocycles. The van der Waals surface area contributed by atoms with E-state index in [1.54, 1.807) is 12.1 Å². The molecule has 0 spiro atoms. The second-order valence-electron chi connectivity index (χ2n) is 10.5. The number of alkyl halides is 17. The van der Waals surface area contributed by atoms with E-state index in [2.05, 4.69) is 0 Å². The Morgan fingerprint density at radius 1 is 0.435 bits per heavy atom. The molecule has 0 aromatic heterocycles. The maximum Gasteiger partial charge on any atom is 0.460 e. The summed E-state index contributed by atoms with van der Waals surface area (Å²) >= 11 is 0. The van der Waals surface area contributed by atoms with Crippen molar-refractivity contribution in [3.8, 4) is 0 Å². The number of nitrogens with zero attached hydrogens (tertiary/aromatic N) is 1. The van der Waals surface area contributed by atoms with Crippen LogP contribution in [0.5, 0.6) is 0 Å². The number of halogens is 17. The fraction of sp³-hybridized carbons (Fsp3) is 0.692. The number of hydrogen-bond acceptors (Lipinski definition) is 2. The molecule has 2 rings (SSSR count). The molecule has 0 saturated carbocycles. The topological polar surface area (TPSA) is 37.4 Å². The van der Waals surface area contributed by atoms with Gasteiger partial charge in [0.15, 0.2) is 0 Å². The van der Waals surface area contributed by atoms with Crippen LogP contribution in [0.4, 0.5) is 74.6 Å². The lowest BCUT2D eigenvalue weighted by atomic mass is 9.87. The summed E-state index contributed by atoms with van der Waals surface area (Å²) in [6, 6.07) is 6.13. The lowest BCUT2D eigenvalue weighted by Crippen LogP contribution is -2.74. The average Bonchev–Trinajstić information content (AvgIpc) is 3.17. The molecule has 1 aliphatic rings. The maximum atomic E-state index is 13.9. The van der Waals surface area contributed by atoms with Gasteiger partial charge < -0.3 is 0 Å². The van der Waals surface area contributed by atoms with Crippen LogP contribution in [-0.4, -0.2) is 70.9 Å². The lowest BCUT2D eigenvalue weighted by molar-refractivity contribution is -0.461. The molecular weight excluding hydrogens is 681 g/mol. The van der Waals surface area contributed by atoms with Gasteiger partial charge in [-0.1, -0.05) is 50.7 Å². The molecule has 1 aliphatic heterocycles. The molecule has 46 heavy (non-hydrogen) atoms. The number of carbonyl (C=O) groups is 2. The second kappa shape index (κ2) is 13.0. The first-order valence-electron chi connectivity index (χ1n) is 13.3. The standard InChI is InChI=1S/C26H24F17NO2/c27-19(28,20(29,30)21(31,32)22(33,34)23(35,36)24(37,38)25(39,40)26(41,42)43)13-9-5-3-1-2-4-6-10-14-44-17(45)15-11-7-8-12-16(15)18(44)46/h7-8,11-12H,1-6,9-10,13-14H2. The van der Waals surface area contributed by atoms with E-state index >= 15 is 0 Å². The van der Waals surface area contributed by atoms with Crippen LogP contribution in [0.15, 0.2) is 24.3 Å². The smallest absolute Gasteiger partial charge is 0.274 e. The van der Waals surface area contributed by atoms with Gasteiger partial charge in [0.05, 0.1) is 11.1 Å². The van der Waals surface area contributed by atoms with E-state index in [0.717, 1.165) is 4.90 Å². The fourth-order valence-electron chi connectivity index (χ4n) is 4.47. The van der Waals surface area contributed by atoms with Gasteiger partial charge in [-0.2, -0.15) is 74.6 Å². The first kappa shape index (κ1) is 39.3. The molecule has 1 heterocycles. The molecule has 0 bridgehead atoms. The highest BCUT2D eigenvalue weighted by Gasteiger charge is 2.95. The monoisotopic (exact) mass is 705 g/mol. The highest BCUT2D eigenvalue weighted by Crippen LogP contribution is 2.64. The van der Waals surface area contributed by atoms with Crippen LogP contribution in [0, 0.1) is 0 Å². The van der Waals surface area contributed by atoms with Gasteiger partial charge in [-0.05, 0) is 25.0 Å². The van der Waals surface area contributed by atoms with Crippen molar-refractivity contribution in [3.05, 3.63) is 35.4 Å². The van der Waals surface area contributed by atoms with E-state index in [-0.39, 0.29) is 30.5 Å². The van der Waals surface area contributed by atoms with Crippen LogP contribution < -0.4 is 0 Å². The van der Waals surface area contributed by atoms with Crippen molar-refractivity contribution >= 4 is 11.8 Å². The van der Waals surface area contributed by atoms with Crippen LogP contribution >= 0.6 is 0 Å². The summed E-state index contributed by atoms with van der Waals surface area (Å²) in [5.41, 5.74) is 0.497. The SMILES string of the molecule is O=C1c2ccccc2C(=O)N1CCCCCCCCCCC(F)(F)C(F)(F)C(F)(F)C(F)(F)C(F)(F)C(F)(F)C(F)(F)C(F)(F)F. The van der Waals surface area contributed by atoms with Crippen molar-refractivity contribution in [2.75, 3.05) is 6.54 Å². The Bertz CT molecular complexity index is 1210. The Labute approximate surface area is 249 Å². The molecule has 0 aliphatic carbocycles. The molecule has 0 unspecified atom stereocenters. The summed E-state index contributed by atoms with van der Waals surface area (Å²) in [5.74, 6) is -57.0. The number of fused-ring (bicyclic) bond motifs is 1. The zero-order valence-electron chi connectivity index (χ0n) is 23.1. The zero-order valence-corrected chi connectivity index (χ0v) is 23.1. The predicted octanol–water partition coefficient (Wildman–Crippen LogP) is 9.80. The van der Waals surface area contributed by atoms with Crippen molar-refractivity contribution in [1.29, 1.82) is 0 Å². The normalized spacial score (nSPS) is 16.0. The molecule has 0 radical (unpaired) electrons. The first-order valence-corrected chi connectivity index (χ1v) is 13.3. The largest absolute Gasteiger partial charge is 0.460 e. The average molecular weight is 705 g/mol. The number of carbonyl (C=O) groups excluding carboxylic acids is 2. The Morgan fingerprint density at radius 2 is 0.761 bits per heavy atom. The van der Waals surface area contributed by atoms with Crippen LogP contribution in [0.1, 0.15) is 78.5 Å². The maximum absolute atomic E-state index is 13.9. The van der Waals surface area contributed by atoms with Gasteiger partial charge in [0.2, 0.25) is 0 Å². The van der Waals surface area contributed by atoms with E-state index in [1.807, 2.05) is 0 Å². The quantitative estimate of drug-likeness (QED) is 0.0920. The van der Waals surface area contributed by atoms with Gasteiger partial charge in [0.25, 0.3) is 11.8 Å². The summed E-state index contributed by atoms with van der Waals surface area (Å²) in [6.07, 6.45) is -9.90. The molecule has 0 atom stereocenters. The minimum Gasteiger partial charge on any atom is -0.274 e. The van der Waals surface area contributed by atoms with Crippen molar-refractivity contribution in [3.63, 3.8) is 0 Å². The van der Waals surface area contributed by atoms with Gasteiger partial charge >= 0.3 is 47.6 Å². The summed E-state index contributed by atoms with van der Waals surface area (Å²) in [6.45, 7) is 0.0909. The Hall–Kier alpha value is -2.83. The van der Waals surface area contributed by atoms with Crippen LogP contribution in [0.25, 0.3) is 0 Å². The molecule has 0 N–H and O–H groups in total. The van der Waals surface area contributed by atoms with E-state index in [9.17, 15) is 84.2 Å². The highest BCUT2D eigenvalue weighted by molar-refractivity contribution is 6.21. The van der Waals surface area contributed by atoms with E-state index in [0.29, 0.717) is 25.7 Å². The summed E-state index contributed by atoms with van der Waals surface area (Å²) in [7, 11) is 0. The minimum absolute atomic E-state index is 0.0383. The number of unbranched alkanes of at least 4 members (excludes halogenated alkanes) is 7. The fourth-order valence-corrected chi connectivity index (χ4v) is 4.47. The Balaban J connectivity index is 1.87. The molecule has 264 valence electrons. The van der Waals surface area contributed by atoms with Crippen molar-refractivity contribution < 1.29 is 84.2 Å². The van der Waals surface area contributed by atoms with E-state index in [1.165, 1.54) is 12.1 Å². The highest BCUT2D eigenvalue weighted by atomic mass is 19.4. The predicted molar refractivity (Wildman–Crippen MR) is 124 cm³/mol. The van der Waals surface area contributed by atoms with Gasteiger partial charge in [-0.15, -0.1) is 0 Å². The van der Waals surface area contributed by atoms with Crippen LogP contribution in [-0.2, 0) is 0 Å². The first-order chi connectivity index (χ1) is 20.6. The lowest BCUT2D eigenvalue weighted by Gasteiger charge is -2.42. The minimum atomic E-state index is -8.62. The molecule has 1 aromatic carbocycles. The van der Waals surface area contributed by atoms with Crippen molar-refractivity contribution in [1.82, 2.24) is 4.90 Å². The van der Waals surface area contributed by atoms with Crippen molar-refractivity contribution in [2.45, 2.75) is 105 Å². The molecule has 2 amide bonds. The Morgan fingerprint density at radius 3 is 1.15 bits per heavy atom. The number of amides is 2. The third-order valence-corrected chi connectivity index (χ3v) is 7.29. The van der Waals surface area contributed by atoms with Gasteiger partial charge in [0, 0.05) is 13.0 Å². The summed E-state index contributed by atoms with van der Waals surface area (Å²) in [5, 5.41) is 0. The number of hydrogen-bond donors (Lipinski definition) is 0. The third-order valence-electron chi connectivity index (χ3n) is 7.29. The van der Waals surface area contributed by atoms with Gasteiger partial charge in [0.1, 0.15) is 0 Å². The number of imide groups is 1. The van der Waals surface area contributed by atoms with Gasteiger partial charge in [-0.25, -0.2) is 0 Å². The molecule has 20 heteroatoms. The third kappa shape index (κ3) is 6.49. The molecule has 3 nitrogen and oxygen atoms in total.